The van der Waals surface area contributed by atoms with E-state index in [1.165, 1.54) is 23.8 Å². The summed E-state index contributed by atoms with van der Waals surface area (Å²) in [5.41, 5.74) is 4.65. The van der Waals surface area contributed by atoms with Gasteiger partial charge in [-0.2, -0.15) is 0 Å². The van der Waals surface area contributed by atoms with E-state index in [2.05, 4.69) is 13.0 Å². The Kier molecular flexibility index (Phi) is 2.71. The molecule has 0 atom stereocenters. The van der Waals surface area contributed by atoms with Gasteiger partial charge in [-0.05, 0) is 44.2 Å². The van der Waals surface area contributed by atoms with Gasteiger partial charge in [-0.1, -0.05) is 6.92 Å². The topological polar surface area (TPSA) is 43.4 Å². The summed E-state index contributed by atoms with van der Waals surface area (Å²) < 4.78 is 11.5. The molecule has 21 heavy (non-hydrogen) atoms. The minimum atomic E-state index is -0.280. The van der Waals surface area contributed by atoms with Crippen molar-refractivity contribution < 1.29 is 8.83 Å². The fraction of sp³-hybridized carbons (Fsp3) is 0.389. The van der Waals surface area contributed by atoms with Crippen LogP contribution in [0.5, 0.6) is 0 Å². The van der Waals surface area contributed by atoms with E-state index in [-0.39, 0.29) is 5.63 Å². The third-order valence-corrected chi connectivity index (χ3v) is 4.65. The predicted molar refractivity (Wildman–Crippen MR) is 83.0 cm³/mol. The molecule has 2 aromatic heterocycles. The Labute approximate surface area is 122 Å². The molecule has 108 valence electrons. The van der Waals surface area contributed by atoms with E-state index in [1.807, 2.05) is 6.92 Å². The van der Waals surface area contributed by atoms with Gasteiger partial charge in [-0.3, -0.25) is 0 Å². The van der Waals surface area contributed by atoms with Gasteiger partial charge in [-0.15, -0.1) is 0 Å². The molecule has 1 aliphatic carbocycles. The number of fused-ring (bicyclic) bond motifs is 4. The van der Waals surface area contributed by atoms with Crippen molar-refractivity contribution >= 4 is 21.9 Å². The molecule has 0 amide bonds. The molecule has 0 saturated heterocycles. The van der Waals surface area contributed by atoms with Gasteiger partial charge in [0.1, 0.15) is 16.9 Å². The average molecular weight is 282 g/mol. The van der Waals surface area contributed by atoms with Crippen LogP contribution in [-0.2, 0) is 19.3 Å². The van der Waals surface area contributed by atoms with Gasteiger partial charge in [0.25, 0.3) is 0 Å². The van der Waals surface area contributed by atoms with E-state index in [1.54, 1.807) is 6.07 Å². The number of aryl methyl sites for hydroxylation is 4. The SMILES string of the molecule is CCc1cc(=O)oc2c(C)c3oc4c(c3cc12)CCCC4. The highest BCUT2D eigenvalue weighted by atomic mass is 16.4. The van der Waals surface area contributed by atoms with Crippen LogP contribution in [0.4, 0.5) is 0 Å². The lowest BCUT2D eigenvalue weighted by Gasteiger charge is -2.09. The summed E-state index contributed by atoms with van der Waals surface area (Å²) >= 11 is 0. The molecule has 0 spiro atoms. The molecule has 1 aromatic carbocycles. The van der Waals surface area contributed by atoms with E-state index in [0.717, 1.165) is 47.1 Å². The molecule has 0 bridgehead atoms. The molecule has 3 heteroatoms. The van der Waals surface area contributed by atoms with E-state index in [0.29, 0.717) is 5.58 Å². The molecule has 0 aliphatic heterocycles. The number of furan rings is 1. The predicted octanol–water partition coefficient (Wildman–Crippen LogP) is 4.29. The highest BCUT2D eigenvalue weighted by Crippen LogP contribution is 2.37. The van der Waals surface area contributed by atoms with Crippen LogP contribution in [0.2, 0.25) is 0 Å². The zero-order valence-corrected chi connectivity index (χ0v) is 12.4. The highest BCUT2D eigenvalue weighted by molar-refractivity contribution is 6.00. The lowest BCUT2D eigenvalue weighted by molar-refractivity contribution is 0.503. The molecular formula is C18H18O3. The maximum Gasteiger partial charge on any atom is 0.336 e. The molecule has 4 rings (SSSR count). The third kappa shape index (κ3) is 1.76. The van der Waals surface area contributed by atoms with Crippen LogP contribution >= 0.6 is 0 Å². The minimum absolute atomic E-state index is 0.280. The second-order valence-electron chi connectivity index (χ2n) is 5.91. The van der Waals surface area contributed by atoms with E-state index < -0.39 is 0 Å². The first-order valence-corrected chi connectivity index (χ1v) is 7.69. The van der Waals surface area contributed by atoms with Gasteiger partial charge in [0.2, 0.25) is 0 Å². The lowest BCUT2D eigenvalue weighted by Crippen LogP contribution is -2.01. The quantitative estimate of drug-likeness (QED) is 0.625. The Morgan fingerprint density at radius 1 is 1.05 bits per heavy atom. The number of hydrogen-bond acceptors (Lipinski definition) is 3. The first-order valence-electron chi connectivity index (χ1n) is 7.69. The van der Waals surface area contributed by atoms with Crippen LogP contribution in [0.15, 0.2) is 25.8 Å². The van der Waals surface area contributed by atoms with Crippen molar-refractivity contribution in [2.75, 3.05) is 0 Å². The normalized spacial score (nSPS) is 14.8. The summed E-state index contributed by atoms with van der Waals surface area (Å²) in [7, 11) is 0. The second kappa shape index (κ2) is 4.48. The van der Waals surface area contributed by atoms with Crippen molar-refractivity contribution in [2.24, 2.45) is 0 Å². The summed E-state index contributed by atoms with van der Waals surface area (Å²) in [6, 6.07) is 3.77. The zero-order chi connectivity index (χ0) is 14.6. The number of hydrogen-bond donors (Lipinski definition) is 0. The monoisotopic (exact) mass is 282 g/mol. The fourth-order valence-electron chi connectivity index (χ4n) is 3.55. The van der Waals surface area contributed by atoms with Crippen LogP contribution in [-0.4, -0.2) is 0 Å². The van der Waals surface area contributed by atoms with Gasteiger partial charge in [0, 0.05) is 34.4 Å². The standard InChI is InChI=1S/C18H18O3/c1-3-11-8-16(19)21-17-10(2)18-14(9-13(11)17)12-6-4-5-7-15(12)20-18/h8-9H,3-7H2,1-2H3. The summed E-state index contributed by atoms with van der Waals surface area (Å²) in [6.45, 7) is 4.06. The Balaban J connectivity index is 2.18. The van der Waals surface area contributed by atoms with Gasteiger partial charge >= 0.3 is 5.63 Å². The van der Waals surface area contributed by atoms with Crippen LogP contribution in [0.1, 0.15) is 42.2 Å². The second-order valence-corrected chi connectivity index (χ2v) is 5.91. The average Bonchev–Trinajstić information content (AvgIpc) is 2.87. The number of benzene rings is 1. The minimum Gasteiger partial charge on any atom is -0.460 e. The van der Waals surface area contributed by atoms with Crippen LogP contribution in [0.25, 0.3) is 21.9 Å². The van der Waals surface area contributed by atoms with Crippen molar-refractivity contribution in [3.63, 3.8) is 0 Å². The van der Waals surface area contributed by atoms with Gasteiger partial charge in [-0.25, -0.2) is 4.79 Å². The molecule has 0 N–H and O–H groups in total. The highest BCUT2D eigenvalue weighted by Gasteiger charge is 2.21. The summed E-state index contributed by atoms with van der Waals surface area (Å²) in [4.78, 5) is 11.7. The van der Waals surface area contributed by atoms with E-state index in [4.69, 9.17) is 8.83 Å². The third-order valence-electron chi connectivity index (χ3n) is 4.65. The van der Waals surface area contributed by atoms with Crippen molar-refractivity contribution in [2.45, 2.75) is 46.0 Å². The maximum atomic E-state index is 11.7. The van der Waals surface area contributed by atoms with Gasteiger partial charge < -0.3 is 8.83 Å². The fourth-order valence-corrected chi connectivity index (χ4v) is 3.55. The van der Waals surface area contributed by atoms with Crippen LogP contribution in [0.3, 0.4) is 0 Å². The molecule has 0 radical (unpaired) electrons. The van der Waals surface area contributed by atoms with Crippen LogP contribution < -0.4 is 5.63 Å². The molecule has 1 aliphatic rings. The molecule has 2 heterocycles. The first-order chi connectivity index (χ1) is 10.2. The summed E-state index contributed by atoms with van der Waals surface area (Å²) in [5, 5.41) is 2.26. The van der Waals surface area contributed by atoms with E-state index in [9.17, 15) is 4.79 Å². The largest absolute Gasteiger partial charge is 0.460 e. The first kappa shape index (κ1) is 12.7. The van der Waals surface area contributed by atoms with E-state index >= 15 is 0 Å². The van der Waals surface area contributed by atoms with Crippen LogP contribution in [0, 0.1) is 6.92 Å². The summed E-state index contributed by atoms with van der Waals surface area (Å²) in [5.74, 6) is 1.12. The van der Waals surface area contributed by atoms with Gasteiger partial charge in [0.05, 0.1) is 0 Å². The number of rotatable bonds is 1. The van der Waals surface area contributed by atoms with Crippen molar-refractivity contribution in [3.05, 3.63) is 45.0 Å². The van der Waals surface area contributed by atoms with Crippen molar-refractivity contribution in [1.29, 1.82) is 0 Å². The Bertz CT molecular complexity index is 912. The Hall–Kier alpha value is -2.03. The molecule has 3 nitrogen and oxygen atoms in total. The maximum absolute atomic E-state index is 11.7. The Morgan fingerprint density at radius 2 is 1.81 bits per heavy atom. The molecular weight excluding hydrogens is 264 g/mol. The zero-order valence-electron chi connectivity index (χ0n) is 12.4. The van der Waals surface area contributed by atoms with Gasteiger partial charge in [0.15, 0.2) is 0 Å². The Morgan fingerprint density at radius 3 is 2.62 bits per heavy atom. The lowest BCUT2D eigenvalue weighted by atomic mass is 9.94. The molecule has 3 aromatic rings. The smallest absolute Gasteiger partial charge is 0.336 e. The summed E-state index contributed by atoms with van der Waals surface area (Å²) in [6.07, 6.45) is 5.35. The molecule has 0 saturated carbocycles. The van der Waals surface area contributed by atoms with Crippen molar-refractivity contribution in [1.82, 2.24) is 0 Å². The molecule has 0 unspecified atom stereocenters. The van der Waals surface area contributed by atoms with Crippen molar-refractivity contribution in [3.8, 4) is 0 Å². The molecule has 0 fully saturated rings.